The number of nitrogens with two attached hydrogens (primary N) is 1. The van der Waals surface area contributed by atoms with E-state index in [1.165, 1.54) is 18.4 Å². The Morgan fingerprint density at radius 2 is 1.92 bits per heavy atom. The molecule has 1 aromatic rings. The molecule has 2 N–H and O–H groups in total. The van der Waals surface area contributed by atoms with Crippen molar-refractivity contribution in [3.05, 3.63) is 35.4 Å². The third-order valence-electron chi connectivity index (χ3n) is 2.87. The Kier molecular flexibility index (Phi) is 1.82. The summed E-state index contributed by atoms with van der Waals surface area (Å²) < 4.78 is 0. The van der Waals surface area contributed by atoms with Crippen LogP contribution in [0.4, 0.5) is 0 Å². The summed E-state index contributed by atoms with van der Waals surface area (Å²) in [5, 5.41) is 8.63. The first kappa shape index (κ1) is 8.28. The van der Waals surface area contributed by atoms with Gasteiger partial charge in [0.2, 0.25) is 0 Å². The Hall–Kier alpha value is -1.33. The highest BCUT2D eigenvalue weighted by atomic mass is 14.7. The maximum atomic E-state index is 8.63. The molecule has 2 nitrogen and oxygen atoms in total. The maximum Gasteiger partial charge on any atom is 0.0991 e. The summed E-state index contributed by atoms with van der Waals surface area (Å²) in [4.78, 5) is 0. The van der Waals surface area contributed by atoms with E-state index in [4.69, 9.17) is 11.0 Å². The van der Waals surface area contributed by atoms with Gasteiger partial charge in [0, 0.05) is 12.0 Å². The van der Waals surface area contributed by atoms with E-state index in [1.54, 1.807) is 0 Å². The van der Waals surface area contributed by atoms with E-state index in [0.717, 1.165) is 12.1 Å². The van der Waals surface area contributed by atoms with E-state index in [2.05, 4.69) is 6.07 Å². The molecule has 0 radical (unpaired) electrons. The third-order valence-corrected chi connectivity index (χ3v) is 2.87. The van der Waals surface area contributed by atoms with Crippen LogP contribution < -0.4 is 5.73 Å². The second kappa shape index (κ2) is 2.86. The molecule has 2 rings (SSSR count). The van der Waals surface area contributed by atoms with Gasteiger partial charge in [-0.05, 0) is 30.5 Å². The van der Waals surface area contributed by atoms with Gasteiger partial charge in [-0.25, -0.2) is 0 Å². The Bertz CT molecular complexity index is 341. The molecule has 1 aromatic carbocycles. The summed E-state index contributed by atoms with van der Waals surface area (Å²) >= 11 is 0. The lowest BCUT2D eigenvalue weighted by Gasteiger charge is -2.11. The van der Waals surface area contributed by atoms with E-state index in [-0.39, 0.29) is 5.41 Å². The van der Waals surface area contributed by atoms with Crippen LogP contribution in [0.1, 0.15) is 24.0 Å². The fraction of sp³-hybridized carbons (Fsp3) is 0.364. The smallest absolute Gasteiger partial charge is 0.0991 e. The van der Waals surface area contributed by atoms with Crippen LogP contribution in [0.15, 0.2) is 24.3 Å². The van der Waals surface area contributed by atoms with Gasteiger partial charge in [0.1, 0.15) is 0 Å². The number of nitrogens with zero attached hydrogens (tertiary/aromatic N) is 1. The third kappa shape index (κ3) is 1.32. The van der Waals surface area contributed by atoms with Crippen LogP contribution in [0, 0.1) is 11.3 Å². The molecule has 0 bridgehead atoms. The van der Waals surface area contributed by atoms with Crippen molar-refractivity contribution in [2.24, 2.45) is 5.73 Å². The van der Waals surface area contributed by atoms with Crippen molar-refractivity contribution in [1.82, 2.24) is 0 Å². The summed E-state index contributed by atoms with van der Waals surface area (Å²) in [6.45, 7) is 0.721. The number of rotatable bonds is 2. The number of hydrogen-bond donors (Lipinski definition) is 1. The molecule has 2 heteroatoms. The molecule has 1 fully saturated rings. The minimum atomic E-state index is 0.244. The largest absolute Gasteiger partial charge is 0.330 e. The van der Waals surface area contributed by atoms with Gasteiger partial charge in [0.25, 0.3) is 0 Å². The summed E-state index contributed by atoms with van der Waals surface area (Å²) in [6.07, 6.45) is 2.38. The molecule has 0 heterocycles. The molecule has 13 heavy (non-hydrogen) atoms. The average Bonchev–Trinajstić information content (AvgIpc) is 2.99. The van der Waals surface area contributed by atoms with Gasteiger partial charge in [0.15, 0.2) is 0 Å². The average molecular weight is 172 g/mol. The van der Waals surface area contributed by atoms with Crippen molar-refractivity contribution in [2.75, 3.05) is 6.54 Å². The molecule has 0 unspecified atom stereocenters. The minimum Gasteiger partial charge on any atom is -0.330 e. The quantitative estimate of drug-likeness (QED) is 0.735. The van der Waals surface area contributed by atoms with E-state index >= 15 is 0 Å². The summed E-state index contributed by atoms with van der Waals surface area (Å²) in [5.74, 6) is 0. The van der Waals surface area contributed by atoms with Crippen molar-refractivity contribution in [1.29, 1.82) is 5.26 Å². The first-order valence-electron chi connectivity index (χ1n) is 4.51. The molecule has 1 aliphatic rings. The summed E-state index contributed by atoms with van der Waals surface area (Å²) in [5.41, 5.74) is 7.96. The van der Waals surface area contributed by atoms with Crippen LogP contribution in [0.5, 0.6) is 0 Å². The minimum absolute atomic E-state index is 0.244. The van der Waals surface area contributed by atoms with Crippen molar-refractivity contribution >= 4 is 0 Å². The molecule has 0 aromatic heterocycles. The second-order valence-electron chi connectivity index (χ2n) is 3.67. The SMILES string of the molecule is N#Cc1ccc(C2(CN)CC2)cc1. The predicted molar refractivity (Wildman–Crippen MR) is 51.1 cm³/mol. The standard InChI is InChI=1S/C11H12N2/c12-7-9-1-3-10(4-2-9)11(8-13)5-6-11/h1-4H,5-6,8,13H2. The molecule has 1 aliphatic carbocycles. The Labute approximate surface area is 78.0 Å². The molecule has 66 valence electrons. The van der Waals surface area contributed by atoms with Gasteiger partial charge in [-0.1, -0.05) is 12.1 Å². The molecule has 0 amide bonds. The first-order chi connectivity index (χ1) is 6.30. The molecular weight excluding hydrogens is 160 g/mol. The zero-order chi connectivity index (χ0) is 9.31. The van der Waals surface area contributed by atoms with E-state index in [0.29, 0.717) is 0 Å². The van der Waals surface area contributed by atoms with Gasteiger partial charge in [-0.3, -0.25) is 0 Å². The normalized spacial score (nSPS) is 17.8. The summed E-state index contributed by atoms with van der Waals surface area (Å²) in [6, 6.07) is 9.90. The first-order valence-corrected chi connectivity index (χ1v) is 4.51. The van der Waals surface area contributed by atoms with Crippen LogP contribution in [0.25, 0.3) is 0 Å². The second-order valence-corrected chi connectivity index (χ2v) is 3.67. The summed E-state index contributed by atoms with van der Waals surface area (Å²) in [7, 11) is 0. The molecule has 0 saturated heterocycles. The van der Waals surface area contributed by atoms with Crippen molar-refractivity contribution in [3.8, 4) is 6.07 Å². The molecule has 1 saturated carbocycles. The van der Waals surface area contributed by atoms with Crippen LogP contribution in [-0.2, 0) is 5.41 Å². The number of benzene rings is 1. The zero-order valence-corrected chi connectivity index (χ0v) is 7.46. The Morgan fingerprint density at radius 3 is 2.31 bits per heavy atom. The number of nitriles is 1. The van der Waals surface area contributed by atoms with Crippen LogP contribution >= 0.6 is 0 Å². The maximum absolute atomic E-state index is 8.63. The molecular formula is C11H12N2. The molecule has 0 atom stereocenters. The highest BCUT2D eigenvalue weighted by Crippen LogP contribution is 2.46. The highest BCUT2D eigenvalue weighted by molar-refractivity contribution is 5.38. The monoisotopic (exact) mass is 172 g/mol. The van der Waals surface area contributed by atoms with Gasteiger partial charge in [0.05, 0.1) is 11.6 Å². The number of hydrogen-bond acceptors (Lipinski definition) is 2. The van der Waals surface area contributed by atoms with Crippen molar-refractivity contribution in [2.45, 2.75) is 18.3 Å². The zero-order valence-electron chi connectivity index (χ0n) is 7.46. The lowest BCUT2D eigenvalue weighted by molar-refractivity contribution is 0.705. The Morgan fingerprint density at radius 1 is 1.31 bits per heavy atom. The predicted octanol–water partition coefficient (Wildman–Crippen LogP) is 1.55. The van der Waals surface area contributed by atoms with Gasteiger partial charge in [-0.15, -0.1) is 0 Å². The molecule has 0 aliphatic heterocycles. The van der Waals surface area contributed by atoms with Crippen molar-refractivity contribution in [3.63, 3.8) is 0 Å². The lowest BCUT2D eigenvalue weighted by atomic mass is 9.95. The fourth-order valence-corrected chi connectivity index (χ4v) is 1.66. The van der Waals surface area contributed by atoms with E-state index in [1.807, 2.05) is 24.3 Å². The molecule has 0 spiro atoms. The van der Waals surface area contributed by atoms with E-state index in [9.17, 15) is 0 Å². The van der Waals surface area contributed by atoms with Crippen LogP contribution in [0.2, 0.25) is 0 Å². The topological polar surface area (TPSA) is 49.8 Å². The fourth-order valence-electron chi connectivity index (χ4n) is 1.66. The highest BCUT2D eigenvalue weighted by Gasteiger charge is 2.42. The van der Waals surface area contributed by atoms with Gasteiger partial charge >= 0.3 is 0 Å². The lowest BCUT2D eigenvalue weighted by Crippen LogP contribution is -2.19. The Balaban J connectivity index is 2.29. The van der Waals surface area contributed by atoms with Gasteiger partial charge in [-0.2, -0.15) is 5.26 Å². The van der Waals surface area contributed by atoms with Gasteiger partial charge < -0.3 is 5.73 Å². The van der Waals surface area contributed by atoms with Crippen LogP contribution in [-0.4, -0.2) is 6.54 Å². The van der Waals surface area contributed by atoms with Crippen molar-refractivity contribution < 1.29 is 0 Å². The van der Waals surface area contributed by atoms with Crippen LogP contribution in [0.3, 0.4) is 0 Å². The van der Waals surface area contributed by atoms with E-state index < -0.39 is 0 Å².